The van der Waals surface area contributed by atoms with Crippen LogP contribution in [0.3, 0.4) is 0 Å². The highest BCUT2D eigenvalue weighted by atomic mass is 16.2. The Morgan fingerprint density at radius 2 is 1.79 bits per heavy atom. The molecule has 1 aromatic carbocycles. The van der Waals surface area contributed by atoms with Crippen molar-refractivity contribution in [3.63, 3.8) is 0 Å². The summed E-state index contributed by atoms with van der Waals surface area (Å²) in [5.74, 6) is 0.817. The zero-order valence-electron chi connectivity index (χ0n) is 15.2. The Bertz CT molecular complexity index is 582. The van der Waals surface area contributed by atoms with Crippen molar-refractivity contribution in [3.05, 3.63) is 35.4 Å². The summed E-state index contributed by atoms with van der Waals surface area (Å²) < 4.78 is 0. The number of amides is 1. The van der Waals surface area contributed by atoms with Crippen LogP contribution in [0.2, 0.25) is 0 Å². The maximum atomic E-state index is 12.5. The number of carbonyl (C=O) groups is 1. The topological polar surface area (TPSA) is 56.1 Å². The number of carbonyl (C=O) groups excluding carboxylic acids is 1. The molecule has 4 heteroatoms. The Kier molecular flexibility index (Phi) is 6.39. The Balaban J connectivity index is 2.02. The van der Waals surface area contributed by atoms with Crippen LogP contribution in [0.5, 0.6) is 0 Å². The van der Waals surface area contributed by atoms with Gasteiger partial charge in [-0.15, -0.1) is 0 Å². The summed E-state index contributed by atoms with van der Waals surface area (Å²) in [6.07, 6.45) is 2.19. The number of nitrogens with zero attached hydrogens (tertiary/aromatic N) is 2. The summed E-state index contributed by atoms with van der Waals surface area (Å²) in [6, 6.07) is 11.1. The second-order valence-corrected chi connectivity index (χ2v) is 7.40. The molecular formula is C20H29N3O. The van der Waals surface area contributed by atoms with Crippen LogP contribution >= 0.6 is 0 Å². The van der Waals surface area contributed by atoms with Gasteiger partial charge in [0.05, 0.1) is 25.2 Å². The van der Waals surface area contributed by atoms with Crippen molar-refractivity contribution in [1.82, 2.24) is 10.2 Å². The first-order valence-corrected chi connectivity index (χ1v) is 8.92. The van der Waals surface area contributed by atoms with Crippen LogP contribution in [0.1, 0.15) is 63.6 Å². The highest BCUT2D eigenvalue weighted by Gasteiger charge is 2.30. The SMILES string of the molecule is CC(C)c1ccc(C(NC(=O)CN(CC#N)C2CC2)C(C)C)cc1. The Morgan fingerprint density at radius 1 is 1.21 bits per heavy atom. The highest BCUT2D eigenvalue weighted by Crippen LogP contribution is 2.27. The van der Waals surface area contributed by atoms with E-state index in [0.717, 1.165) is 18.4 Å². The van der Waals surface area contributed by atoms with Crippen molar-refractivity contribution < 1.29 is 4.79 Å². The molecule has 0 aliphatic heterocycles. The van der Waals surface area contributed by atoms with E-state index in [2.05, 4.69) is 63.3 Å². The van der Waals surface area contributed by atoms with Gasteiger partial charge < -0.3 is 5.32 Å². The summed E-state index contributed by atoms with van der Waals surface area (Å²) in [4.78, 5) is 14.4. The van der Waals surface area contributed by atoms with Gasteiger partial charge in [0.15, 0.2) is 0 Å². The predicted octanol–water partition coefficient (Wildman–Crippen LogP) is 3.61. The zero-order chi connectivity index (χ0) is 17.7. The van der Waals surface area contributed by atoms with Gasteiger partial charge in [-0.1, -0.05) is 52.0 Å². The summed E-state index contributed by atoms with van der Waals surface area (Å²) in [6.45, 7) is 9.24. The third kappa shape index (κ3) is 5.07. The molecule has 2 rings (SSSR count). The van der Waals surface area contributed by atoms with Crippen LogP contribution < -0.4 is 5.32 Å². The highest BCUT2D eigenvalue weighted by molar-refractivity contribution is 5.78. The Hall–Kier alpha value is -1.86. The molecular weight excluding hydrogens is 298 g/mol. The maximum absolute atomic E-state index is 12.5. The second kappa shape index (κ2) is 8.30. The lowest BCUT2D eigenvalue weighted by atomic mass is 9.93. The van der Waals surface area contributed by atoms with Gasteiger partial charge in [-0.05, 0) is 35.8 Å². The van der Waals surface area contributed by atoms with Gasteiger partial charge in [-0.2, -0.15) is 5.26 Å². The van der Waals surface area contributed by atoms with Gasteiger partial charge in [-0.3, -0.25) is 9.69 Å². The van der Waals surface area contributed by atoms with Crippen LogP contribution in [-0.4, -0.2) is 29.9 Å². The van der Waals surface area contributed by atoms with Gasteiger partial charge in [0.2, 0.25) is 5.91 Å². The Labute approximate surface area is 145 Å². The fraction of sp³-hybridized carbons (Fsp3) is 0.600. The largest absolute Gasteiger partial charge is 0.348 e. The van der Waals surface area contributed by atoms with Crippen molar-refractivity contribution >= 4 is 5.91 Å². The van der Waals surface area contributed by atoms with Crippen molar-refractivity contribution in [1.29, 1.82) is 5.26 Å². The number of nitriles is 1. The average Bonchev–Trinajstić information content (AvgIpc) is 3.37. The fourth-order valence-corrected chi connectivity index (χ4v) is 2.97. The summed E-state index contributed by atoms with van der Waals surface area (Å²) >= 11 is 0. The van der Waals surface area contributed by atoms with E-state index in [1.165, 1.54) is 5.56 Å². The molecule has 130 valence electrons. The van der Waals surface area contributed by atoms with Crippen LogP contribution in [0.25, 0.3) is 0 Å². The molecule has 4 nitrogen and oxygen atoms in total. The molecule has 0 aromatic heterocycles. The molecule has 1 amide bonds. The van der Waals surface area contributed by atoms with E-state index in [0.29, 0.717) is 31.0 Å². The third-order valence-electron chi connectivity index (χ3n) is 4.63. The summed E-state index contributed by atoms with van der Waals surface area (Å²) in [5.41, 5.74) is 2.45. The van der Waals surface area contributed by atoms with Gasteiger partial charge >= 0.3 is 0 Å². The molecule has 0 bridgehead atoms. The lowest BCUT2D eigenvalue weighted by Gasteiger charge is -2.25. The molecule has 1 aliphatic rings. The van der Waals surface area contributed by atoms with E-state index in [1.807, 2.05) is 4.90 Å². The van der Waals surface area contributed by atoms with Crippen LogP contribution in [0.15, 0.2) is 24.3 Å². The fourth-order valence-electron chi connectivity index (χ4n) is 2.97. The molecule has 1 atom stereocenters. The molecule has 0 heterocycles. The first-order chi connectivity index (χ1) is 11.4. The molecule has 1 aromatic rings. The normalized spacial score (nSPS) is 15.6. The summed E-state index contributed by atoms with van der Waals surface area (Å²) in [7, 11) is 0. The minimum atomic E-state index is 0.00171. The minimum absolute atomic E-state index is 0.00171. The van der Waals surface area contributed by atoms with Gasteiger partial charge in [0, 0.05) is 6.04 Å². The van der Waals surface area contributed by atoms with Crippen molar-refractivity contribution in [2.24, 2.45) is 5.92 Å². The lowest BCUT2D eigenvalue weighted by Crippen LogP contribution is -2.41. The number of benzene rings is 1. The third-order valence-corrected chi connectivity index (χ3v) is 4.63. The van der Waals surface area contributed by atoms with Gasteiger partial charge in [-0.25, -0.2) is 0 Å². The first kappa shape index (κ1) is 18.5. The molecule has 24 heavy (non-hydrogen) atoms. The predicted molar refractivity (Wildman–Crippen MR) is 96.5 cm³/mol. The van der Waals surface area contributed by atoms with E-state index in [-0.39, 0.29) is 11.9 Å². The van der Waals surface area contributed by atoms with Crippen LogP contribution in [0.4, 0.5) is 0 Å². The lowest BCUT2D eigenvalue weighted by molar-refractivity contribution is -0.123. The average molecular weight is 327 g/mol. The quantitative estimate of drug-likeness (QED) is 0.742. The van der Waals surface area contributed by atoms with E-state index in [9.17, 15) is 4.79 Å². The zero-order valence-corrected chi connectivity index (χ0v) is 15.2. The standard InChI is InChI=1S/C20H29N3O/c1-14(2)16-5-7-17(8-6-16)20(15(3)4)22-19(24)13-23(12-11-21)18-9-10-18/h5-8,14-15,18,20H,9-10,12-13H2,1-4H3,(H,22,24). The molecule has 1 saturated carbocycles. The van der Waals surface area contributed by atoms with E-state index < -0.39 is 0 Å². The first-order valence-electron chi connectivity index (χ1n) is 8.92. The van der Waals surface area contributed by atoms with E-state index >= 15 is 0 Å². The molecule has 0 spiro atoms. The minimum Gasteiger partial charge on any atom is -0.348 e. The molecule has 1 unspecified atom stereocenters. The van der Waals surface area contributed by atoms with Crippen molar-refractivity contribution in [3.8, 4) is 6.07 Å². The monoisotopic (exact) mass is 327 g/mol. The molecule has 1 N–H and O–H groups in total. The van der Waals surface area contributed by atoms with E-state index in [1.54, 1.807) is 0 Å². The van der Waals surface area contributed by atoms with Crippen LogP contribution in [-0.2, 0) is 4.79 Å². The maximum Gasteiger partial charge on any atom is 0.234 e. The second-order valence-electron chi connectivity index (χ2n) is 7.40. The number of nitrogens with one attached hydrogen (secondary N) is 1. The number of rotatable bonds is 8. The number of hydrogen-bond acceptors (Lipinski definition) is 3. The molecule has 0 saturated heterocycles. The summed E-state index contributed by atoms with van der Waals surface area (Å²) in [5, 5.41) is 12.1. The van der Waals surface area contributed by atoms with E-state index in [4.69, 9.17) is 5.26 Å². The smallest absolute Gasteiger partial charge is 0.234 e. The van der Waals surface area contributed by atoms with Crippen LogP contribution in [0, 0.1) is 17.2 Å². The number of hydrogen-bond donors (Lipinski definition) is 1. The Morgan fingerprint density at radius 3 is 2.25 bits per heavy atom. The molecule has 0 radical (unpaired) electrons. The molecule has 1 fully saturated rings. The molecule has 1 aliphatic carbocycles. The van der Waals surface area contributed by atoms with Gasteiger partial charge in [0.1, 0.15) is 0 Å². The van der Waals surface area contributed by atoms with Crippen molar-refractivity contribution in [2.45, 2.75) is 58.5 Å². The van der Waals surface area contributed by atoms with Gasteiger partial charge in [0.25, 0.3) is 0 Å². The van der Waals surface area contributed by atoms with Crippen molar-refractivity contribution in [2.75, 3.05) is 13.1 Å².